The SMILES string of the molecule is Cc1cc(-c2cc(CO)ccc2F)c(C(N)=O)cn1. The number of rotatable bonds is 3. The lowest BCUT2D eigenvalue weighted by Gasteiger charge is -2.10. The Morgan fingerprint density at radius 2 is 2.11 bits per heavy atom. The first-order valence-corrected chi connectivity index (χ1v) is 5.69. The quantitative estimate of drug-likeness (QED) is 0.883. The highest BCUT2D eigenvalue weighted by molar-refractivity contribution is 5.99. The Hall–Kier alpha value is -2.27. The van der Waals surface area contributed by atoms with Crippen LogP contribution in [0.1, 0.15) is 21.6 Å². The van der Waals surface area contributed by atoms with Crippen LogP contribution < -0.4 is 5.73 Å². The molecular formula is C14H13FN2O2. The van der Waals surface area contributed by atoms with Crippen LogP contribution in [0.3, 0.4) is 0 Å². The molecule has 3 N–H and O–H groups in total. The normalized spacial score (nSPS) is 10.5. The summed E-state index contributed by atoms with van der Waals surface area (Å²) in [4.78, 5) is 15.4. The van der Waals surface area contributed by atoms with E-state index in [0.717, 1.165) is 0 Å². The molecule has 1 aromatic carbocycles. The topological polar surface area (TPSA) is 76.2 Å². The van der Waals surface area contributed by atoms with Crippen LogP contribution in [0.15, 0.2) is 30.5 Å². The van der Waals surface area contributed by atoms with Gasteiger partial charge in [-0.1, -0.05) is 6.07 Å². The largest absolute Gasteiger partial charge is 0.392 e. The zero-order valence-corrected chi connectivity index (χ0v) is 10.4. The highest BCUT2D eigenvalue weighted by Crippen LogP contribution is 2.27. The van der Waals surface area contributed by atoms with Crippen LogP contribution >= 0.6 is 0 Å². The molecule has 98 valence electrons. The third-order valence-electron chi connectivity index (χ3n) is 2.81. The molecule has 1 aromatic heterocycles. The van der Waals surface area contributed by atoms with Gasteiger partial charge in [0.05, 0.1) is 12.2 Å². The number of aliphatic hydroxyl groups excluding tert-OH is 1. The summed E-state index contributed by atoms with van der Waals surface area (Å²) >= 11 is 0. The van der Waals surface area contributed by atoms with Gasteiger partial charge in [-0.25, -0.2) is 4.39 Å². The van der Waals surface area contributed by atoms with Gasteiger partial charge in [0, 0.05) is 23.0 Å². The van der Waals surface area contributed by atoms with Crippen LogP contribution in [0.4, 0.5) is 4.39 Å². The van der Waals surface area contributed by atoms with E-state index in [1.807, 2.05) is 0 Å². The van der Waals surface area contributed by atoms with E-state index in [9.17, 15) is 9.18 Å². The molecule has 0 spiro atoms. The number of pyridine rings is 1. The van der Waals surface area contributed by atoms with Gasteiger partial charge in [0.1, 0.15) is 5.82 Å². The number of halogens is 1. The first-order valence-electron chi connectivity index (χ1n) is 5.69. The van der Waals surface area contributed by atoms with Crippen LogP contribution in [0.25, 0.3) is 11.1 Å². The molecule has 2 aromatic rings. The Morgan fingerprint density at radius 1 is 1.37 bits per heavy atom. The summed E-state index contributed by atoms with van der Waals surface area (Å²) in [6, 6.07) is 5.83. The van der Waals surface area contributed by atoms with Crippen LogP contribution in [-0.2, 0) is 6.61 Å². The second-order valence-corrected chi connectivity index (χ2v) is 4.21. The number of primary amides is 1. The van der Waals surface area contributed by atoms with Gasteiger partial charge in [0.15, 0.2) is 0 Å². The van der Waals surface area contributed by atoms with E-state index in [1.165, 1.54) is 24.4 Å². The fourth-order valence-electron chi connectivity index (χ4n) is 1.86. The van der Waals surface area contributed by atoms with Crippen molar-refractivity contribution in [1.29, 1.82) is 0 Å². The van der Waals surface area contributed by atoms with E-state index in [4.69, 9.17) is 10.8 Å². The molecule has 0 aliphatic rings. The molecule has 0 saturated carbocycles. The van der Waals surface area contributed by atoms with Crippen molar-refractivity contribution in [2.75, 3.05) is 0 Å². The second-order valence-electron chi connectivity index (χ2n) is 4.21. The number of aryl methyl sites for hydroxylation is 1. The van der Waals surface area contributed by atoms with E-state index >= 15 is 0 Å². The molecule has 0 unspecified atom stereocenters. The van der Waals surface area contributed by atoms with Crippen LogP contribution in [0.2, 0.25) is 0 Å². The first kappa shape index (κ1) is 13.2. The van der Waals surface area contributed by atoms with Gasteiger partial charge >= 0.3 is 0 Å². The summed E-state index contributed by atoms with van der Waals surface area (Å²) < 4.78 is 13.9. The highest BCUT2D eigenvalue weighted by atomic mass is 19.1. The Balaban J connectivity index is 2.70. The van der Waals surface area contributed by atoms with Crippen molar-refractivity contribution < 1.29 is 14.3 Å². The summed E-state index contributed by atoms with van der Waals surface area (Å²) in [6.07, 6.45) is 1.33. The van der Waals surface area contributed by atoms with Crippen LogP contribution in [0, 0.1) is 12.7 Å². The van der Waals surface area contributed by atoms with Gasteiger partial charge < -0.3 is 10.8 Å². The maximum atomic E-state index is 13.9. The maximum Gasteiger partial charge on any atom is 0.250 e. The predicted molar refractivity (Wildman–Crippen MR) is 68.8 cm³/mol. The minimum Gasteiger partial charge on any atom is -0.392 e. The third-order valence-corrected chi connectivity index (χ3v) is 2.81. The molecule has 0 atom stereocenters. The fraction of sp³-hybridized carbons (Fsp3) is 0.143. The zero-order valence-electron chi connectivity index (χ0n) is 10.4. The van der Waals surface area contributed by atoms with Crippen molar-refractivity contribution in [3.63, 3.8) is 0 Å². The Bertz CT molecular complexity index is 641. The van der Waals surface area contributed by atoms with E-state index in [2.05, 4.69) is 4.98 Å². The smallest absolute Gasteiger partial charge is 0.250 e. The summed E-state index contributed by atoms with van der Waals surface area (Å²) in [5.74, 6) is -1.15. The molecule has 0 bridgehead atoms. The van der Waals surface area contributed by atoms with Crippen molar-refractivity contribution in [3.8, 4) is 11.1 Å². The number of benzene rings is 1. The Labute approximate surface area is 109 Å². The van der Waals surface area contributed by atoms with Crippen LogP contribution in [0.5, 0.6) is 0 Å². The number of aromatic nitrogens is 1. The van der Waals surface area contributed by atoms with Crippen LogP contribution in [-0.4, -0.2) is 16.0 Å². The number of hydrogen-bond donors (Lipinski definition) is 2. The molecule has 0 aliphatic carbocycles. The predicted octanol–water partition coefficient (Wildman–Crippen LogP) is 1.79. The van der Waals surface area contributed by atoms with E-state index in [-0.39, 0.29) is 17.7 Å². The van der Waals surface area contributed by atoms with E-state index in [0.29, 0.717) is 16.8 Å². The lowest BCUT2D eigenvalue weighted by molar-refractivity contribution is 0.100. The molecule has 0 radical (unpaired) electrons. The molecule has 1 amide bonds. The van der Waals surface area contributed by atoms with Crippen molar-refractivity contribution in [1.82, 2.24) is 4.98 Å². The van der Waals surface area contributed by atoms with Gasteiger partial charge in [-0.05, 0) is 30.7 Å². The lowest BCUT2D eigenvalue weighted by atomic mass is 9.98. The average molecular weight is 260 g/mol. The molecule has 0 fully saturated rings. The summed E-state index contributed by atoms with van der Waals surface area (Å²) in [5, 5.41) is 9.11. The fourth-order valence-corrected chi connectivity index (χ4v) is 1.86. The highest BCUT2D eigenvalue weighted by Gasteiger charge is 2.15. The number of nitrogens with zero attached hydrogens (tertiary/aromatic N) is 1. The molecule has 1 heterocycles. The lowest BCUT2D eigenvalue weighted by Crippen LogP contribution is -2.13. The van der Waals surface area contributed by atoms with Gasteiger partial charge in [-0.2, -0.15) is 0 Å². The molecule has 5 heteroatoms. The van der Waals surface area contributed by atoms with Crippen molar-refractivity contribution >= 4 is 5.91 Å². The Kier molecular flexibility index (Phi) is 3.57. The zero-order chi connectivity index (χ0) is 14.0. The molecule has 19 heavy (non-hydrogen) atoms. The minimum absolute atomic E-state index is 0.152. The molecule has 2 rings (SSSR count). The number of amides is 1. The summed E-state index contributed by atoms with van der Waals surface area (Å²) in [6.45, 7) is 1.53. The molecule has 4 nitrogen and oxygen atoms in total. The minimum atomic E-state index is -0.670. The molecular weight excluding hydrogens is 247 g/mol. The molecule has 0 saturated heterocycles. The van der Waals surface area contributed by atoms with E-state index in [1.54, 1.807) is 13.0 Å². The number of nitrogens with two attached hydrogens (primary N) is 1. The van der Waals surface area contributed by atoms with Gasteiger partial charge in [-0.3, -0.25) is 9.78 Å². The monoisotopic (exact) mass is 260 g/mol. The number of carbonyl (C=O) groups excluding carboxylic acids is 1. The van der Waals surface area contributed by atoms with Crippen molar-refractivity contribution in [2.24, 2.45) is 5.73 Å². The van der Waals surface area contributed by atoms with Crippen molar-refractivity contribution in [2.45, 2.75) is 13.5 Å². The first-order chi connectivity index (χ1) is 9.02. The third kappa shape index (κ3) is 2.61. The van der Waals surface area contributed by atoms with E-state index < -0.39 is 11.7 Å². The molecule has 0 aliphatic heterocycles. The maximum absolute atomic E-state index is 13.9. The standard InChI is InChI=1S/C14H13FN2O2/c1-8-4-10(12(6-17-8)14(16)19)11-5-9(7-18)2-3-13(11)15/h2-6,18H,7H2,1H3,(H2,16,19). The van der Waals surface area contributed by atoms with Gasteiger partial charge in [0.2, 0.25) is 0 Å². The number of aliphatic hydroxyl groups is 1. The number of hydrogen-bond acceptors (Lipinski definition) is 3. The average Bonchev–Trinajstić information content (AvgIpc) is 2.38. The Morgan fingerprint density at radius 3 is 2.74 bits per heavy atom. The summed E-state index contributed by atoms with van der Waals surface area (Å²) in [7, 11) is 0. The number of carbonyl (C=O) groups is 1. The van der Waals surface area contributed by atoms with Gasteiger partial charge in [-0.15, -0.1) is 0 Å². The van der Waals surface area contributed by atoms with Crippen molar-refractivity contribution in [3.05, 3.63) is 53.1 Å². The second kappa shape index (κ2) is 5.16. The summed E-state index contributed by atoms with van der Waals surface area (Å²) in [5.41, 5.74) is 7.24. The van der Waals surface area contributed by atoms with Gasteiger partial charge in [0.25, 0.3) is 5.91 Å².